The van der Waals surface area contributed by atoms with Crippen molar-refractivity contribution in [1.29, 1.82) is 0 Å². The highest BCUT2D eigenvalue weighted by molar-refractivity contribution is 7.10. The largest absolute Gasteiger partial charge is 0.376 e. The smallest absolute Gasteiger partial charge is 0.242 e. The summed E-state index contributed by atoms with van der Waals surface area (Å²) in [5.41, 5.74) is 0.966. The first kappa shape index (κ1) is 13.6. The van der Waals surface area contributed by atoms with E-state index in [9.17, 15) is 4.79 Å². The minimum atomic E-state index is 0.0877. The molecule has 19 heavy (non-hydrogen) atoms. The van der Waals surface area contributed by atoms with E-state index in [1.54, 1.807) is 16.2 Å². The molecule has 1 N–H and O–H groups in total. The Hall–Kier alpha value is -1.81. The predicted molar refractivity (Wildman–Crippen MR) is 80.4 cm³/mol. The standard InChI is InChI=1S/C15H18N2OS/c1-12(14-9-6-10-19-14)17(2)15(18)11-16-13-7-4-3-5-8-13/h3-10,12,16H,11H2,1-2H3. The van der Waals surface area contributed by atoms with Gasteiger partial charge in [0.15, 0.2) is 0 Å². The molecule has 0 saturated carbocycles. The third kappa shape index (κ3) is 3.58. The van der Waals surface area contributed by atoms with Crippen LogP contribution in [0.3, 0.4) is 0 Å². The molecular weight excluding hydrogens is 256 g/mol. The van der Waals surface area contributed by atoms with E-state index in [0.717, 1.165) is 5.69 Å². The second-order valence-corrected chi connectivity index (χ2v) is 5.39. The molecule has 1 aromatic heterocycles. The van der Waals surface area contributed by atoms with Crippen molar-refractivity contribution >= 4 is 22.9 Å². The fraction of sp³-hybridized carbons (Fsp3) is 0.267. The number of hydrogen-bond acceptors (Lipinski definition) is 3. The Morgan fingerprint density at radius 3 is 2.63 bits per heavy atom. The van der Waals surface area contributed by atoms with Gasteiger partial charge in [-0.15, -0.1) is 11.3 Å². The van der Waals surface area contributed by atoms with E-state index in [1.165, 1.54) is 4.88 Å². The van der Waals surface area contributed by atoms with Crippen molar-refractivity contribution in [2.75, 3.05) is 18.9 Å². The van der Waals surface area contributed by atoms with Crippen LogP contribution in [0.25, 0.3) is 0 Å². The Labute approximate surface area is 117 Å². The van der Waals surface area contributed by atoms with Crippen LogP contribution >= 0.6 is 11.3 Å². The zero-order chi connectivity index (χ0) is 13.7. The molecule has 0 bridgehead atoms. The number of carbonyl (C=O) groups excluding carboxylic acids is 1. The van der Waals surface area contributed by atoms with E-state index in [1.807, 2.05) is 55.7 Å². The summed E-state index contributed by atoms with van der Waals surface area (Å²) in [6, 6.07) is 13.9. The van der Waals surface area contributed by atoms with Crippen molar-refractivity contribution < 1.29 is 4.79 Å². The number of likely N-dealkylation sites (N-methyl/N-ethyl adjacent to an activating group) is 1. The van der Waals surface area contributed by atoms with Gasteiger partial charge in [0, 0.05) is 17.6 Å². The molecule has 0 saturated heterocycles. The number of anilines is 1. The normalized spacial score (nSPS) is 11.9. The maximum Gasteiger partial charge on any atom is 0.242 e. The van der Waals surface area contributed by atoms with E-state index in [0.29, 0.717) is 6.54 Å². The van der Waals surface area contributed by atoms with Gasteiger partial charge in [-0.05, 0) is 30.5 Å². The van der Waals surface area contributed by atoms with Crippen LogP contribution in [0.15, 0.2) is 47.8 Å². The van der Waals surface area contributed by atoms with Crippen molar-refractivity contribution in [2.24, 2.45) is 0 Å². The quantitative estimate of drug-likeness (QED) is 0.906. The van der Waals surface area contributed by atoms with Gasteiger partial charge in [0.25, 0.3) is 0 Å². The lowest BCUT2D eigenvalue weighted by atomic mass is 10.2. The molecule has 0 fully saturated rings. The lowest BCUT2D eigenvalue weighted by Gasteiger charge is -2.24. The van der Waals surface area contributed by atoms with Gasteiger partial charge in [-0.3, -0.25) is 4.79 Å². The highest BCUT2D eigenvalue weighted by Crippen LogP contribution is 2.23. The van der Waals surface area contributed by atoms with Gasteiger partial charge < -0.3 is 10.2 Å². The van der Waals surface area contributed by atoms with E-state index >= 15 is 0 Å². The summed E-state index contributed by atoms with van der Waals surface area (Å²) in [7, 11) is 1.85. The molecule has 0 aliphatic heterocycles. The number of nitrogens with one attached hydrogen (secondary N) is 1. The van der Waals surface area contributed by atoms with Gasteiger partial charge >= 0.3 is 0 Å². The minimum absolute atomic E-state index is 0.0877. The summed E-state index contributed by atoms with van der Waals surface area (Å²) in [5, 5.41) is 5.17. The second-order valence-electron chi connectivity index (χ2n) is 4.42. The number of carbonyl (C=O) groups is 1. The number of thiophene rings is 1. The third-order valence-corrected chi connectivity index (χ3v) is 4.19. The molecule has 1 unspecified atom stereocenters. The first-order valence-electron chi connectivity index (χ1n) is 6.26. The van der Waals surface area contributed by atoms with Gasteiger partial charge in [0.05, 0.1) is 12.6 Å². The van der Waals surface area contributed by atoms with Crippen molar-refractivity contribution in [2.45, 2.75) is 13.0 Å². The first-order valence-corrected chi connectivity index (χ1v) is 7.14. The first-order chi connectivity index (χ1) is 9.18. The molecule has 0 aliphatic carbocycles. The SMILES string of the molecule is CC(c1cccs1)N(C)C(=O)CNc1ccccc1. The van der Waals surface area contributed by atoms with Gasteiger partial charge in [0.1, 0.15) is 0 Å². The average Bonchev–Trinajstić information content (AvgIpc) is 2.98. The van der Waals surface area contributed by atoms with Crippen molar-refractivity contribution in [3.05, 3.63) is 52.7 Å². The summed E-state index contributed by atoms with van der Waals surface area (Å²) in [5.74, 6) is 0.0877. The summed E-state index contributed by atoms with van der Waals surface area (Å²) in [6.07, 6.45) is 0. The van der Waals surface area contributed by atoms with Crippen LogP contribution in [0.4, 0.5) is 5.69 Å². The average molecular weight is 274 g/mol. The molecule has 2 aromatic rings. The van der Waals surface area contributed by atoms with E-state index < -0.39 is 0 Å². The fourth-order valence-corrected chi connectivity index (χ4v) is 2.62. The monoisotopic (exact) mass is 274 g/mol. The van der Waals surface area contributed by atoms with Crippen LogP contribution in [-0.4, -0.2) is 24.4 Å². The summed E-state index contributed by atoms with van der Waals surface area (Å²) in [6.45, 7) is 2.36. The maximum atomic E-state index is 12.1. The molecule has 1 heterocycles. The fourth-order valence-electron chi connectivity index (χ4n) is 1.79. The molecule has 0 aliphatic rings. The minimum Gasteiger partial charge on any atom is -0.376 e. The Bertz CT molecular complexity index is 510. The summed E-state index contributed by atoms with van der Waals surface area (Å²) >= 11 is 1.68. The molecule has 1 atom stereocenters. The van der Waals surface area contributed by atoms with Crippen LogP contribution in [-0.2, 0) is 4.79 Å². The third-order valence-electron chi connectivity index (χ3n) is 3.15. The van der Waals surface area contributed by atoms with E-state index in [-0.39, 0.29) is 11.9 Å². The molecular formula is C15H18N2OS. The molecule has 3 nitrogen and oxygen atoms in total. The van der Waals surface area contributed by atoms with Crippen LogP contribution < -0.4 is 5.32 Å². The summed E-state index contributed by atoms with van der Waals surface area (Å²) in [4.78, 5) is 15.1. The number of hydrogen-bond donors (Lipinski definition) is 1. The van der Waals surface area contributed by atoms with Crippen LogP contribution in [0.1, 0.15) is 17.8 Å². The number of rotatable bonds is 5. The topological polar surface area (TPSA) is 32.3 Å². The molecule has 4 heteroatoms. The van der Waals surface area contributed by atoms with Crippen LogP contribution in [0.2, 0.25) is 0 Å². The molecule has 100 valence electrons. The van der Waals surface area contributed by atoms with Gasteiger partial charge in [-0.1, -0.05) is 24.3 Å². The number of amides is 1. The highest BCUT2D eigenvalue weighted by Gasteiger charge is 2.17. The highest BCUT2D eigenvalue weighted by atomic mass is 32.1. The maximum absolute atomic E-state index is 12.1. The number of para-hydroxylation sites is 1. The van der Waals surface area contributed by atoms with Crippen molar-refractivity contribution in [3.8, 4) is 0 Å². The van der Waals surface area contributed by atoms with Gasteiger partial charge in [-0.25, -0.2) is 0 Å². The molecule has 1 amide bonds. The van der Waals surface area contributed by atoms with Gasteiger partial charge in [0.2, 0.25) is 5.91 Å². The summed E-state index contributed by atoms with van der Waals surface area (Å²) < 4.78 is 0. The van der Waals surface area contributed by atoms with E-state index in [2.05, 4.69) is 11.4 Å². The molecule has 2 rings (SSSR count). The van der Waals surface area contributed by atoms with Gasteiger partial charge in [-0.2, -0.15) is 0 Å². The molecule has 0 radical (unpaired) electrons. The van der Waals surface area contributed by atoms with E-state index in [4.69, 9.17) is 0 Å². The molecule has 1 aromatic carbocycles. The van der Waals surface area contributed by atoms with Crippen LogP contribution in [0.5, 0.6) is 0 Å². The lowest BCUT2D eigenvalue weighted by molar-refractivity contribution is -0.129. The Kier molecular flexibility index (Phi) is 4.58. The molecule has 0 spiro atoms. The zero-order valence-corrected chi connectivity index (χ0v) is 12.0. The Morgan fingerprint density at radius 2 is 2.00 bits per heavy atom. The van der Waals surface area contributed by atoms with Crippen molar-refractivity contribution in [3.63, 3.8) is 0 Å². The Morgan fingerprint density at radius 1 is 1.26 bits per heavy atom. The van der Waals surface area contributed by atoms with Crippen molar-refractivity contribution in [1.82, 2.24) is 4.90 Å². The Balaban J connectivity index is 1.89. The second kappa shape index (κ2) is 6.38. The van der Waals surface area contributed by atoms with Crippen LogP contribution in [0, 0.1) is 0 Å². The number of benzene rings is 1. The lowest BCUT2D eigenvalue weighted by Crippen LogP contribution is -2.34. The predicted octanol–water partition coefficient (Wildman–Crippen LogP) is 3.38. The number of nitrogens with zero attached hydrogens (tertiary/aromatic N) is 1. The zero-order valence-electron chi connectivity index (χ0n) is 11.2.